The second-order valence-electron chi connectivity index (χ2n) is 7.58. The summed E-state index contributed by atoms with van der Waals surface area (Å²) in [5, 5.41) is 20.4. The molecule has 1 unspecified atom stereocenters. The molecule has 9 heteroatoms. The van der Waals surface area contributed by atoms with Gasteiger partial charge >= 0.3 is 6.09 Å². The Kier molecular flexibility index (Phi) is 5.23. The molecule has 2 N–H and O–H groups in total. The van der Waals surface area contributed by atoms with Gasteiger partial charge in [-0.1, -0.05) is 27.2 Å². The van der Waals surface area contributed by atoms with Crippen molar-refractivity contribution in [3.05, 3.63) is 45.7 Å². The summed E-state index contributed by atoms with van der Waals surface area (Å²) < 4.78 is 2.51. The van der Waals surface area contributed by atoms with Gasteiger partial charge in [0, 0.05) is 17.6 Å². The number of fused-ring (bicyclic) bond motifs is 1. The molecule has 1 aromatic heterocycles. The predicted molar refractivity (Wildman–Crippen MR) is 102 cm³/mol. The monoisotopic (exact) mass is 435 g/mol. The van der Waals surface area contributed by atoms with Gasteiger partial charge in [-0.2, -0.15) is 0 Å². The van der Waals surface area contributed by atoms with Gasteiger partial charge in [0.2, 0.25) is 0 Å². The second kappa shape index (κ2) is 7.30. The third-order valence-corrected chi connectivity index (χ3v) is 5.01. The van der Waals surface area contributed by atoms with Crippen LogP contribution in [-0.4, -0.2) is 43.5 Å². The summed E-state index contributed by atoms with van der Waals surface area (Å²) in [6, 6.07) is 5.40. The maximum atomic E-state index is 12.7. The fourth-order valence-corrected chi connectivity index (χ4v) is 3.43. The molecule has 0 bridgehead atoms. The summed E-state index contributed by atoms with van der Waals surface area (Å²) in [6.07, 6.45) is 1.14. The molecule has 0 saturated heterocycles. The van der Waals surface area contributed by atoms with Gasteiger partial charge in [0.05, 0.1) is 17.8 Å². The van der Waals surface area contributed by atoms with Crippen LogP contribution in [0.1, 0.15) is 54.8 Å². The lowest BCUT2D eigenvalue weighted by Crippen LogP contribution is -2.32. The Labute approximate surface area is 165 Å². The third kappa shape index (κ3) is 4.29. The zero-order chi connectivity index (χ0) is 19.8. The molecule has 0 saturated carbocycles. The highest BCUT2D eigenvalue weighted by Gasteiger charge is 2.27. The Morgan fingerprint density at radius 1 is 1.33 bits per heavy atom. The number of hydrogen-bond acceptors (Lipinski definition) is 4. The van der Waals surface area contributed by atoms with Crippen molar-refractivity contribution in [3.63, 3.8) is 0 Å². The van der Waals surface area contributed by atoms with E-state index in [-0.39, 0.29) is 29.7 Å². The van der Waals surface area contributed by atoms with E-state index < -0.39 is 6.09 Å². The number of carbonyl (C=O) groups excluding carboxylic acids is 1. The van der Waals surface area contributed by atoms with E-state index in [1.165, 1.54) is 4.90 Å². The maximum absolute atomic E-state index is 12.7. The van der Waals surface area contributed by atoms with Gasteiger partial charge < -0.3 is 15.3 Å². The molecule has 1 aliphatic heterocycles. The molecule has 1 atom stereocenters. The topological polar surface area (TPSA) is 100 Å². The molecule has 3 rings (SSSR count). The SMILES string of the molecule is CC(C)(C)n1cc(C(=O)NC2CCN(C(=O)O)Cc3cc(Br)ccc32)nn1. The number of amides is 2. The van der Waals surface area contributed by atoms with Crippen molar-refractivity contribution < 1.29 is 14.7 Å². The van der Waals surface area contributed by atoms with Crippen LogP contribution in [-0.2, 0) is 12.1 Å². The minimum atomic E-state index is -0.971. The normalized spacial score (nSPS) is 17.2. The Balaban J connectivity index is 1.85. The van der Waals surface area contributed by atoms with Crippen molar-refractivity contribution in [1.82, 2.24) is 25.2 Å². The standard InChI is InChI=1S/C18H22BrN5O3/c1-18(2,3)24-10-15(21-22-24)16(25)20-14-6-7-23(17(26)27)9-11-8-12(19)4-5-13(11)14/h4-5,8,10,14H,6-7,9H2,1-3H3,(H,20,25)(H,26,27). The first-order chi connectivity index (χ1) is 12.6. The summed E-state index contributed by atoms with van der Waals surface area (Å²) in [7, 11) is 0. The van der Waals surface area contributed by atoms with Gasteiger partial charge in [-0.05, 0) is 50.5 Å². The minimum Gasteiger partial charge on any atom is -0.465 e. The number of rotatable bonds is 2. The van der Waals surface area contributed by atoms with E-state index in [0.29, 0.717) is 13.0 Å². The second-order valence-corrected chi connectivity index (χ2v) is 8.50. The molecule has 8 nitrogen and oxygen atoms in total. The first-order valence-corrected chi connectivity index (χ1v) is 9.44. The van der Waals surface area contributed by atoms with Gasteiger partial charge in [0.25, 0.3) is 5.91 Å². The van der Waals surface area contributed by atoms with Gasteiger partial charge in [-0.3, -0.25) is 4.79 Å². The number of hydrogen-bond donors (Lipinski definition) is 2. The van der Waals surface area contributed by atoms with E-state index >= 15 is 0 Å². The van der Waals surface area contributed by atoms with Crippen molar-refractivity contribution in [1.29, 1.82) is 0 Å². The molecule has 0 spiro atoms. The molecular weight excluding hydrogens is 414 g/mol. The van der Waals surface area contributed by atoms with Crippen LogP contribution in [0, 0.1) is 0 Å². The number of carboxylic acid groups (broad SMARTS) is 1. The number of nitrogens with one attached hydrogen (secondary N) is 1. The highest BCUT2D eigenvalue weighted by molar-refractivity contribution is 9.10. The van der Waals surface area contributed by atoms with Crippen molar-refractivity contribution >= 4 is 27.9 Å². The van der Waals surface area contributed by atoms with Crippen molar-refractivity contribution in [2.75, 3.05) is 6.54 Å². The van der Waals surface area contributed by atoms with Crippen LogP contribution in [0.4, 0.5) is 4.79 Å². The van der Waals surface area contributed by atoms with E-state index in [1.54, 1.807) is 10.9 Å². The maximum Gasteiger partial charge on any atom is 0.407 e. The molecule has 1 aliphatic rings. The lowest BCUT2D eigenvalue weighted by molar-refractivity contribution is 0.0928. The van der Waals surface area contributed by atoms with Gasteiger partial charge in [-0.15, -0.1) is 5.10 Å². The Morgan fingerprint density at radius 3 is 2.70 bits per heavy atom. The average molecular weight is 436 g/mol. The molecule has 2 aromatic rings. The van der Waals surface area contributed by atoms with E-state index in [2.05, 4.69) is 31.6 Å². The first-order valence-electron chi connectivity index (χ1n) is 8.65. The van der Waals surface area contributed by atoms with E-state index in [1.807, 2.05) is 39.0 Å². The van der Waals surface area contributed by atoms with Crippen LogP contribution in [0.5, 0.6) is 0 Å². The number of benzene rings is 1. The third-order valence-electron chi connectivity index (χ3n) is 4.52. The molecule has 2 amide bonds. The van der Waals surface area contributed by atoms with Crippen molar-refractivity contribution in [2.24, 2.45) is 0 Å². The molecule has 144 valence electrons. The van der Waals surface area contributed by atoms with Gasteiger partial charge in [-0.25, -0.2) is 9.48 Å². The summed E-state index contributed by atoms with van der Waals surface area (Å²) in [5.41, 5.74) is 1.75. The smallest absolute Gasteiger partial charge is 0.407 e. The van der Waals surface area contributed by atoms with Crippen LogP contribution < -0.4 is 5.32 Å². The Morgan fingerprint density at radius 2 is 2.07 bits per heavy atom. The number of nitrogens with zero attached hydrogens (tertiary/aromatic N) is 4. The van der Waals surface area contributed by atoms with Crippen LogP contribution in [0.2, 0.25) is 0 Å². The molecule has 2 heterocycles. The number of halogens is 1. The highest BCUT2D eigenvalue weighted by Crippen LogP contribution is 2.29. The van der Waals surface area contributed by atoms with Gasteiger partial charge in [0.1, 0.15) is 0 Å². The van der Waals surface area contributed by atoms with E-state index in [4.69, 9.17) is 0 Å². The van der Waals surface area contributed by atoms with Crippen molar-refractivity contribution in [2.45, 2.75) is 45.3 Å². The Hall–Kier alpha value is -2.42. The lowest BCUT2D eigenvalue weighted by atomic mass is 9.99. The lowest BCUT2D eigenvalue weighted by Gasteiger charge is -2.19. The molecule has 0 fully saturated rings. The summed E-state index contributed by atoms with van der Waals surface area (Å²) >= 11 is 3.43. The molecule has 0 aliphatic carbocycles. The predicted octanol–water partition coefficient (Wildman–Crippen LogP) is 3.15. The first kappa shape index (κ1) is 19.3. The van der Waals surface area contributed by atoms with E-state index in [9.17, 15) is 14.7 Å². The summed E-state index contributed by atoms with van der Waals surface area (Å²) in [5.74, 6) is -0.326. The quantitative estimate of drug-likeness (QED) is 0.754. The highest BCUT2D eigenvalue weighted by atomic mass is 79.9. The van der Waals surface area contributed by atoms with Crippen LogP contribution in [0.25, 0.3) is 0 Å². The summed E-state index contributed by atoms with van der Waals surface area (Å²) in [4.78, 5) is 25.5. The number of carbonyl (C=O) groups is 2. The average Bonchev–Trinajstić information content (AvgIpc) is 3.01. The zero-order valence-corrected chi connectivity index (χ0v) is 17.0. The molecular formula is C18H22BrN5O3. The minimum absolute atomic E-state index is 0.239. The van der Waals surface area contributed by atoms with Gasteiger partial charge in [0.15, 0.2) is 5.69 Å². The largest absolute Gasteiger partial charge is 0.465 e. The van der Waals surface area contributed by atoms with Crippen LogP contribution >= 0.6 is 15.9 Å². The molecule has 1 aromatic carbocycles. The Bertz CT molecular complexity index is 874. The zero-order valence-electron chi connectivity index (χ0n) is 15.4. The molecule has 27 heavy (non-hydrogen) atoms. The fourth-order valence-electron chi connectivity index (χ4n) is 3.02. The molecule has 0 radical (unpaired) electrons. The fraction of sp³-hybridized carbons (Fsp3) is 0.444. The van der Waals surface area contributed by atoms with Crippen LogP contribution in [0.3, 0.4) is 0 Å². The number of aromatic nitrogens is 3. The van der Waals surface area contributed by atoms with Crippen molar-refractivity contribution in [3.8, 4) is 0 Å². The van der Waals surface area contributed by atoms with Crippen LogP contribution in [0.15, 0.2) is 28.9 Å². The summed E-state index contributed by atoms with van der Waals surface area (Å²) in [6.45, 7) is 6.55. The van der Waals surface area contributed by atoms with E-state index in [0.717, 1.165) is 15.6 Å².